The number of hydrogen-bond donors (Lipinski definition) is 0. The van der Waals surface area contributed by atoms with E-state index in [9.17, 15) is 0 Å². The molecule has 4 nitrogen and oxygen atoms in total. The molecule has 0 bridgehead atoms. The Morgan fingerprint density at radius 1 is 1.40 bits per heavy atom. The smallest absolute Gasteiger partial charge is 0.222 e. The van der Waals surface area contributed by atoms with E-state index in [1.165, 1.54) is 0 Å². The minimum absolute atomic E-state index is 0.254. The van der Waals surface area contributed by atoms with E-state index in [0.717, 1.165) is 11.4 Å². The summed E-state index contributed by atoms with van der Waals surface area (Å²) >= 11 is 5.74. The molecule has 2 heterocycles. The molecule has 0 unspecified atom stereocenters. The second-order valence-corrected chi connectivity index (χ2v) is 3.83. The average Bonchev–Trinajstić information content (AvgIpc) is 2.65. The molecule has 78 valence electrons. The van der Waals surface area contributed by atoms with Gasteiger partial charge in [-0.25, -0.2) is 15.0 Å². The van der Waals surface area contributed by atoms with Crippen LogP contribution in [0.4, 0.5) is 0 Å². The molecule has 2 aromatic heterocycles. The largest absolute Gasteiger partial charge is 0.327 e. The van der Waals surface area contributed by atoms with Crippen LogP contribution in [0, 0.1) is 0 Å². The molecule has 15 heavy (non-hydrogen) atoms. The third kappa shape index (κ3) is 1.99. The van der Waals surface area contributed by atoms with Gasteiger partial charge in [0.15, 0.2) is 0 Å². The quantitative estimate of drug-likeness (QED) is 0.734. The molecule has 2 rings (SSSR count). The first-order chi connectivity index (χ1) is 7.18. The molecule has 0 saturated carbocycles. The summed E-state index contributed by atoms with van der Waals surface area (Å²) in [5, 5.41) is 0.254. The van der Waals surface area contributed by atoms with E-state index < -0.39 is 0 Å². The van der Waals surface area contributed by atoms with Crippen LogP contribution in [0.1, 0.15) is 19.9 Å². The van der Waals surface area contributed by atoms with Crippen LogP contribution in [0.2, 0.25) is 5.28 Å². The van der Waals surface area contributed by atoms with Crippen LogP contribution >= 0.6 is 11.6 Å². The summed E-state index contributed by atoms with van der Waals surface area (Å²) in [7, 11) is 0. The van der Waals surface area contributed by atoms with E-state index in [-0.39, 0.29) is 5.28 Å². The van der Waals surface area contributed by atoms with Gasteiger partial charge < -0.3 is 4.57 Å². The van der Waals surface area contributed by atoms with Gasteiger partial charge in [-0.15, -0.1) is 0 Å². The maximum absolute atomic E-state index is 5.74. The first kappa shape index (κ1) is 10.1. The van der Waals surface area contributed by atoms with Crippen LogP contribution in [-0.2, 0) is 0 Å². The second kappa shape index (κ2) is 3.98. The second-order valence-electron chi connectivity index (χ2n) is 3.49. The van der Waals surface area contributed by atoms with E-state index >= 15 is 0 Å². The third-order valence-corrected chi connectivity index (χ3v) is 2.29. The van der Waals surface area contributed by atoms with Gasteiger partial charge in [-0.05, 0) is 31.5 Å². The molecule has 0 N–H and O–H groups in total. The highest BCUT2D eigenvalue weighted by Gasteiger charge is 2.09. The van der Waals surface area contributed by atoms with Crippen molar-refractivity contribution in [1.29, 1.82) is 0 Å². The van der Waals surface area contributed by atoms with E-state index in [1.807, 2.05) is 10.6 Å². The molecule has 0 fully saturated rings. The number of halogens is 1. The van der Waals surface area contributed by atoms with Gasteiger partial charge in [-0.1, -0.05) is 0 Å². The van der Waals surface area contributed by atoms with Crippen molar-refractivity contribution in [2.24, 2.45) is 0 Å². The first-order valence-electron chi connectivity index (χ1n) is 4.69. The maximum atomic E-state index is 5.74. The highest BCUT2D eigenvalue weighted by atomic mass is 35.5. The van der Waals surface area contributed by atoms with Gasteiger partial charge in [0, 0.05) is 12.2 Å². The number of rotatable bonds is 2. The summed E-state index contributed by atoms with van der Waals surface area (Å²) in [5.74, 6) is 0. The lowest BCUT2D eigenvalue weighted by molar-refractivity contribution is 0.604. The lowest BCUT2D eigenvalue weighted by atomic mass is 10.3. The number of nitrogens with zero attached hydrogens (tertiary/aromatic N) is 4. The Hall–Kier alpha value is -1.42. The zero-order valence-corrected chi connectivity index (χ0v) is 9.31. The Kier molecular flexibility index (Phi) is 2.68. The molecule has 0 aliphatic carbocycles. The van der Waals surface area contributed by atoms with E-state index in [0.29, 0.717) is 6.04 Å². The van der Waals surface area contributed by atoms with Crippen LogP contribution in [0.5, 0.6) is 0 Å². The first-order valence-corrected chi connectivity index (χ1v) is 5.07. The normalized spacial score (nSPS) is 10.9. The minimum Gasteiger partial charge on any atom is -0.327 e. The summed E-state index contributed by atoms with van der Waals surface area (Å²) in [6.07, 6.45) is 5.21. The van der Waals surface area contributed by atoms with Crippen LogP contribution in [0.15, 0.2) is 24.8 Å². The Morgan fingerprint density at radius 3 is 2.87 bits per heavy atom. The van der Waals surface area contributed by atoms with Crippen molar-refractivity contribution in [3.05, 3.63) is 30.1 Å². The number of imidazole rings is 1. The Balaban J connectivity index is 2.49. The zero-order valence-electron chi connectivity index (χ0n) is 8.55. The Labute approximate surface area is 93.0 Å². The summed E-state index contributed by atoms with van der Waals surface area (Å²) in [4.78, 5) is 12.1. The van der Waals surface area contributed by atoms with E-state index in [2.05, 4.69) is 28.8 Å². The standard InChI is InChI=1S/C10H11ClN4/c1-7(2)15-6-12-5-9(15)8-3-4-13-10(11)14-8/h3-7H,1-2H3. The van der Waals surface area contributed by atoms with Gasteiger partial charge in [0.25, 0.3) is 0 Å². The monoisotopic (exact) mass is 222 g/mol. The lowest BCUT2D eigenvalue weighted by Crippen LogP contribution is -2.02. The molecule has 0 aromatic carbocycles. The summed E-state index contributed by atoms with van der Waals surface area (Å²) < 4.78 is 2.04. The predicted molar refractivity (Wildman–Crippen MR) is 58.6 cm³/mol. The molecule has 0 amide bonds. The summed E-state index contributed by atoms with van der Waals surface area (Å²) in [6, 6.07) is 2.16. The lowest BCUT2D eigenvalue weighted by Gasteiger charge is -2.10. The molecule has 0 spiro atoms. The van der Waals surface area contributed by atoms with Gasteiger partial charge in [-0.2, -0.15) is 0 Å². The third-order valence-electron chi connectivity index (χ3n) is 2.11. The van der Waals surface area contributed by atoms with Crippen molar-refractivity contribution >= 4 is 11.6 Å². The molecular weight excluding hydrogens is 212 g/mol. The van der Waals surface area contributed by atoms with Gasteiger partial charge >= 0.3 is 0 Å². The van der Waals surface area contributed by atoms with Crippen LogP contribution in [0.3, 0.4) is 0 Å². The molecule has 0 atom stereocenters. The molecule has 0 radical (unpaired) electrons. The minimum atomic E-state index is 0.254. The number of aromatic nitrogens is 4. The predicted octanol–water partition coefficient (Wildman–Crippen LogP) is 2.57. The van der Waals surface area contributed by atoms with Crippen molar-refractivity contribution in [1.82, 2.24) is 19.5 Å². The van der Waals surface area contributed by atoms with Crippen molar-refractivity contribution in [3.63, 3.8) is 0 Å². The van der Waals surface area contributed by atoms with Gasteiger partial charge in [0.05, 0.1) is 23.9 Å². The molecule has 2 aromatic rings. The fourth-order valence-electron chi connectivity index (χ4n) is 1.39. The maximum Gasteiger partial charge on any atom is 0.222 e. The van der Waals surface area contributed by atoms with Crippen molar-refractivity contribution < 1.29 is 0 Å². The van der Waals surface area contributed by atoms with Gasteiger partial charge in [0.1, 0.15) is 0 Å². The highest BCUT2D eigenvalue weighted by Crippen LogP contribution is 2.20. The van der Waals surface area contributed by atoms with Crippen molar-refractivity contribution in [3.8, 4) is 11.4 Å². The Morgan fingerprint density at radius 2 is 2.20 bits per heavy atom. The highest BCUT2D eigenvalue weighted by molar-refractivity contribution is 6.28. The van der Waals surface area contributed by atoms with Crippen molar-refractivity contribution in [2.45, 2.75) is 19.9 Å². The summed E-state index contributed by atoms with van der Waals surface area (Å²) in [6.45, 7) is 4.18. The fourth-order valence-corrected chi connectivity index (χ4v) is 1.54. The van der Waals surface area contributed by atoms with Gasteiger partial charge in [0.2, 0.25) is 5.28 Å². The molecule has 0 aliphatic rings. The topological polar surface area (TPSA) is 43.6 Å². The fraction of sp³-hybridized carbons (Fsp3) is 0.300. The van der Waals surface area contributed by atoms with E-state index in [4.69, 9.17) is 11.6 Å². The average molecular weight is 223 g/mol. The SMILES string of the molecule is CC(C)n1cncc1-c1ccnc(Cl)n1. The Bertz CT molecular complexity index is 464. The zero-order chi connectivity index (χ0) is 10.8. The van der Waals surface area contributed by atoms with E-state index in [1.54, 1.807) is 18.7 Å². The molecule has 0 saturated heterocycles. The number of hydrogen-bond acceptors (Lipinski definition) is 3. The summed E-state index contributed by atoms with van der Waals surface area (Å²) in [5.41, 5.74) is 1.75. The van der Waals surface area contributed by atoms with Crippen molar-refractivity contribution in [2.75, 3.05) is 0 Å². The van der Waals surface area contributed by atoms with Crippen LogP contribution < -0.4 is 0 Å². The van der Waals surface area contributed by atoms with Crippen LogP contribution in [0.25, 0.3) is 11.4 Å². The van der Waals surface area contributed by atoms with Gasteiger partial charge in [-0.3, -0.25) is 0 Å². The molecule has 5 heteroatoms. The molecular formula is C10H11ClN4. The molecule has 0 aliphatic heterocycles. The van der Waals surface area contributed by atoms with Crippen LogP contribution in [-0.4, -0.2) is 19.5 Å².